The molecule has 2 aliphatic rings. The third-order valence-electron chi connectivity index (χ3n) is 5.77. The number of aromatic nitrogens is 2. The van der Waals surface area contributed by atoms with Crippen LogP contribution in [-0.2, 0) is 11.3 Å². The van der Waals surface area contributed by atoms with Crippen molar-refractivity contribution in [1.82, 2.24) is 20.0 Å². The molecule has 28 heavy (non-hydrogen) atoms. The van der Waals surface area contributed by atoms with Crippen LogP contribution in [0.2, 0.25) is 5.02 Å². The average molecular weight is 403 g/mol. The minimum atomic E-state index is 0.168. The van der Waals surface area contributed by atoms with Crippen LogP contribution in [0.15, 0.2) is 28.7 Å². The Labute approximate surface area is 170 Å². The Balaban J connectivity index is 1.28. The monoisotopic (exact) mass is 402 g/mol. The van der Waals surface area contributed by atoms with Gasteiger partial charge in [-0.15, -0.1) is 10.2 Å². The van der Waals surface area contributed by atoms with Crippen LogP contribution in [0.5, 0.6) is 0 Å². The predicted octanol–water partition coefficient (Wildman–Crippen LogP) is 4.00. The second kappa shape index (κ2) is 9.05. The first-order valence-corrected chi connectivity index (χ1v) is 10.7. The van der Waals surface area contributed by atoms with Crippen LogP contribution in [-0.4, -0.2) is 52.1 Å². The summed E-state index contributed by atoms with van der Waals surface area (Å²) in [6, 6.07) is 7.37. The number of carbonyl (C=O) groups is 1. The predicted molar refractivity (Wildman–Crippen MR) is 108 cm³/mol. The fourth-order valence-corrected chi connectivity index (χ4v) is 4.23. The summed E-state index contributed by atoms with van der Waals surface area (Å²) >= 11 is 5.92. The summed E-state index contributed by atoms with van der Waals surface area (Å²) in [5.41, 5.74) is 0.866. The van der Waals surface area contributed by atoms with Crippen molar-refractivity contribution in [1.29, 1.82) is 0 Å². The highest BCUT2D eigenvalue weighted by Gasteiger charge is 2.29. The normalized spacial score (nSPS) is 19.5. The number of piperidine rings is 1. The maximum atomic E-state index is 12.8. The molecule has 0 atom stereocenters. The first-order chi connectivity index (χ1) is 13.7. The van der Waals surface area contributed by atoms with Gasteiger partial charge in [-0.25, -0.2) is 0 Å². The fourth-order valence-electron chi connectivity index (χ4n) is 4.11. The molecule has 2 aliphatic heterocycles. The standard InChI is InChI=1S/C21H27ClN4O2/c22-18-7-5-16(6-8-18)20-24-23-19(28-20)15-25-13-9-17(10-14-25)21(27)26-11-3-1-2-4-12-26/h5-8,17H,1-4,9-15H2. The van der Waals surface area contributed by atoms with Gasteiger partial charge in [-0.05, 0) is 63.0 Å². The molecule has 2 fully saturated rings. The third kappa shape index (κ3) is 4.73. The van der Waals surface area contributed by atoms with E-state index < -0.39 is 0 Å². The number of halogens is 1. The highest BCUT2D eigenvalue weighted by molar-refractivity contribution is 6.30. The van der Waals surface area contributed by atoms with Crippen LogP contribution in [0.1, 0.15) is 44.4 Å². The molecule has 0 bridgehead atoms. The molecule has 7 heteroatoms. The Morgan fingerprint density at radius 3 is 2.36 bits per heavy atom. The average Bonchev–Trinajstić information content (AvgIpc) is 3.01. The molecular weight excluding hydrogens is 376 g/mol. The van der Waals surface area contributed by atoms with Gasteiger partial charge in [0.25, 0.3) is 0 Å². The molecule has 1 aromatic heterocycles. The van der Waals surface area contributed by atoms with Gasteiger partial charge >= 0.3 is 0 Å². The molecule has 0 spiro atoms. The smallest absolute Gasteiger partial charge is 0.247 e. The molecule has 3 heterocycles. The van der Waals surface area contributed by atoms with Gasteiger partial charge < -0.3 is 9.32 Å². The van der Waals surface area contributed by atoms with Gasteiger partial charge in [0, 0.05) is 29.6 Å². The zero-order valence-electron chi connectivity index (χ0n) is 16.1. The molecule has 2 aromatic rings. The van der Waals surface area contributed by atoms with Crippen molar-refractivity contribution in [2.24, 2.45) is 5.92 Å². The van der Waals surface area contributed by atoms with E-state index in [2.05, 4.69) is 20.0 Å². The van der Waals surface area contributed by atoms with Gasteiger partial charge in [0.1, 0.15) is 0 Å². The van der Waals surface area contributed by atoms with Crippen LogP contribution in [0, 0.1) is 5.92 Å². The van der Waals surface area contributed by atoms with E-state index in [1.165, 1.54) is 12.8 Å². The van der Waals surface area contributed by atoms with E-state index >= 15 is 0 Å². The van der Waals surface area contributed by atoms with Crippen LogP contribution >= 0.6 is 11.6 Å². The van der Waals surface area contributed by atoms with Crippen molar-refractivity contribution in [3.05, 3.63) is 35.2 Å². The molecule has 0 radical (unpaired) electrons. The van der Waals surface area contributed by atoms with Crippen molar-refractivity contribution in [3.63, 3.8) is 0 Å². The Morgan fingerprint density at radius 2 is 1.68 bits per heavy atom. The zero-order valence-corrected chi connectivity index (χ0v) is 16.9. The van der Waals surface area contributed by atoms with Crippen molar-refractivity contribution in [2.45, 2.75) is 45.1 Å². The summed E-state index contributed by atoms with van der Waals surface area (Å²) in [7, 11) is 0. The Kier molecular flexibility index (Phi) is 6.27. The lowest BCUT2D eigenvalue weighted by Gasteiger charge is -2.33. The molecule has 4 rings (SSSR count). The van der Waals surface area contributed by atoms with Gasteiger partial charge in [0.05, 0.1) is 6.54 Å². The summed E-state index contributed by atoms with van der Waals surface area (Å²) < 4.78 is 5.81. The fraction of sp³-hybridized carbons (Fsp3) is 0.571. The highest BCUT2D eigenvalue weighted by Crippen LogP contribution is 2.24. The number of hydrogen-bond donors (Lipinski definition) is 0. The van der Waals surface area contributed by atoms with Gasteiger partial charge in [0.2, 0.25) is 17.7 Å². The molecular formula is C21H27ClN4O2. The van der Waals surface area contributed by atoms with E-state index in [1.807, 2.05) is 24.3 Å². The lowest BCUT2D eigenvalue weighted by Crippen LogP contribution is -2.42. The number of hydrogen-bond acceptors (Lipinski definition) is 5. The van der Waals surface area contributed by atoms with E-state index in [1.54, 1.807) is 0 Å². The number of likely N-dealkylation sites (tertiary alicyclic amines) is 2. The SMILES string of the molecule is O=C(C1CCN(Cc2nnc(-c3ccc(Cl)cc3)o2)CC1)N1CCCCCC1. The summed E-state index contributed by atoms with van der Waals surface area (Å²) in [5.74, 6) is 1.66. The van der Waals surface area contributed by atoms with E-state index in [-0.39, 0.29) is 5.92 Å². The largest absolute Gasteiger partial charge is 0.419 e. The van der Waals surface area contributed by atoms with Gasteiger partial charge in [-0.2, -0.15) is 0 Å². The molecule has 1 aromatic carbocycles. The maximum absolute atomic E-state index is 12.8. The van der Waals surface area contributed by atoms with Crippen LogP contribution in [0.4, 0.5) is 0 Å². The third-order valence-corrected chi connectivity index (χ3v) is 6.02. The Bertz CT molecular complexity index is 776. The molecule has 0 saturated carbocycles. The number of amides is 1. The summed E-state index contributed by atoms with van der Waals surface area (Å²) in [4.78, 5) is 17.2. The number of nitrogens with zero attached hydrogens (tertiary/aromatic N) is 4. The van der Waals surface area contributed by atoms with E-state index in [0.29, 0.717) is 29.3 Å². The second-order valence-electron chi connectivity index (χ2n) is 7.80. The molecule has 0 unspecified atom stereocenters. The lowest BCUT2D eigenvalue weighted by atomic mass is 9.95. The molecule has 2 saturated heterocycles. The van der Waals surface area contributed by atoms with Crippen LogP contribution in [0.3, 0.4) is 0 Å². The maximum Gasteiger partial charge on any atom is 0.247 e. The Hall–Kier alpha value is -1.92. The minimum Gasteiger partial charge on any atom is -0.419 e. The van der Waals surface area contributed by atoms with Crippen molar-refractivity contribution >= 4 is 17.5 Å². The van der Waals surface area contributed by atoms with E-state index in [4.69, 9.17) is 16.0 Å². The van der Waals surface area contributed by atoms with Gasteiger partial charge in [-0.3, -0.25) is 9.69 Å². The van der Waals surface area contributed by atoms with Crippen molar-refractivity contribution in [3.8, 4) is 11.5 Å². The topological polar surface area (TPSA) is 62.5 Å². The second-order valence-corrected chi connectivity index (χ2v) is 8.23. The van der Waals surface area contributed by atoms with Crippen LogP contribution < -0.4 is 0 Å². The minimum absolute atomic E-state index is 0.168. The van der Waals surface area contributed by atoms with Gasteiger partial charge in [0.15, 0.2) is 0 Å². The highest BCUT2D eigenvalue weighted by atomic mass is 35.5. The van der Waals surface area contributed by atoms with Crippen molar-refractivity contribution < 1.29 is 9.21 Å². The van der Waals surface area contributed by atoms with Gasteiger partial charge in [-0.1, -0.05) is 24.4 Å². The summed E-state index contributed by atoms with van der Waals surface area (Å²) in [6.07, 6.45) is 6.63. The van der Waals surface area contributed by atoms with Crippen molar-refractivity contribution in [2.75, 3.05) is 26.2 Å². The zero-order chi connectivity index (χ0) is 19.3. The first-order valence-electron chi connectivity index (χ1n) is 10.3. The molecule has 1 amide bonds. The van der Waals surface area contributed by atoms with E-state index in [9.17, 15) is 4.79 Å². The first kappa shape index (κ1) is 19.4. The number of rotatable bonds is 4. The Morgan fingerprint density at radius 1 is 1.00 bits per heavy atom. The number of carbonyl (C=O) groups excluding carboxylic acids is 1. The molecule has 0 aliphatic carbocycles. The molecule has 0 N–H and O–H groups in total. The van der Waals surface area contributed by atoms with Crippen LogP contribution in [0.25, 0.3) is 11.5 Å². The molecule has 6 nitrogen and oxygen atoms in total. The summed E-state index contributed by atoms with van der Waals surface area (Å²) in [5, 5.41) is 9.01. The number of benzene rings is 1. The lowest BCUT2D eigenvalue weighted by molar-refractivity contribution is -0.137. The quantitative estimate of drug-likeness (QED) is 0.773. The van der Waals surface area contributed by atoms with E-state index in [0.717, 1.165) is 57.4 Å². The molecule has 150 valence electrons. The summed E-state index contributed by atoms with van der Waals surface area (Å²) in [6.45, 7) is 4.29.